The van der Waals surface area contributed by atoms with Gasteiger partial charge >= 0.3 is 0 Å². The van der Waals surface area contributed by atoms with Gasteiger partial charge in [-0.15, -0.1) is 0 Å². The van der Waals surface area contributed by atoms with Crippen LogP contribution < -0.4 is 5.32 Å². The summed E-state index contributed by atoms with van der Waals surface area (Å²) in [4.78, 5) is 25.4. The van der Waals surface area contributed by atoms with Crippen molar-refractivity contribution in [2.75, 3.05) is 5.32 Å². The topological polar surface area (TPSA) is 90.5 Å². The molecular weight excluding hydrogens is 342 g/mol. The maximum Gasteiger partial charge on any atom is 0.260 e. The fourth-order valence-corrected chi connectivity index (χ4v) is 2.78. The first kappa shape index (κ1) is 16.9. The summed E-state index contributed by atoms with van der Waals surface area (Å²) in [6, 6.07) is 3.99. The van der Waals surface area contributed by atoms with Gasteiger partial charge in [0.05, 0.1) is 35.7 Å². The Morgan fingerprint density at radius 3 is 2.59 bits per heavy atom. The largest absolute Gasteiger partial charge is 0.332 e. The zero-order chi connectivity index (χ0) is 19.0. The number of hydrogen-bond acceptors (Lipinski definition) is 5. The van der Waals surface area contributed by atoms with Crippen molar-refractivity contribution in [2.45, 2.75) is 19.9 Å². The average Bonchev–Trinajstić information content (AvgIpc) is 3.30. The molecule has 8 heteroatoms. The maximum atomic E-state index is 12.5. The molecule has 0 bridgehead atoms. The van der Waals surface area contributed by atoms with Gasteiger partial charge in [0.15, 0.2) is 0 Å². The number of rotatable bonds is 4. The van der Waals surface area contributed by atoms with Gasteiger partial charge in [-0.05, 0) is 31.4 Å². The Morgan fingerprint density at radius 2 is 1.89 bits per heavy atom. The third-order valence-electron chi connectivity index (χ3n) is 4.32. The Balaban J connectivity index is 1.62. The number of aryl methyl sites for hydroxylation is 1. The van der Waals surface area contributed by atoms with Gasteiger partial charge in [0.25, 0.3) is 5.91 Å². The van der Waals surface area contributed by atoms with E-state index in [4.69, 9.17) is 0 Å². The monoisotopic (exact) mass is 361 g/mol. The molecule has 4 aromatic rings. The molecule has 0 spiro atoms. The number of nitrogens with zero attached hydrogens (tertiary/aromatic N) is 6. The Labute approximate surface area is 155 Å². The van der Waals surface area contributed by atoms with E-state index < -0.39 is 0 Å². The maximum absolute atomic E-state index is 12.5. The smallest absolute Gasteiger partial charge is 0.260 e. The summed E-state index contributed by atoms with van der Waals surface area (Å²) in [5.74, 6) is 0.238. The molecule has 27 heavy (non-hydrogen) atoms. The van der Waals surface area contributed by atoms with Crippen LogP contribution in [0.4, 0.5) is 5.82 Å². The molecule has 0 unspecified atom stereocenters. The second-order valence-corrected chi connectivity index (χ2v) is 6.63. The van der Waals surface area contributed by atoms with Gasteiger partial charge in [-0.2, -0.15) is 5.10 Å². The van der Waals surface area contributed by atoms with Gasteiger partial charge in [-0.1, -0.05) is 0 Å². The second-order valence-electron chi connectivity index (χ2n) is 6.63. The van der Waals surface area contributed by atoms with Crippen LogP contribution in [0, 0.1) is 0 Å². The predicted molar refractivity (Wildman–Crippen MR) is 102 cm³/mol. The fourth-order valence-electron chi connectivity index (χ4n) is 2.78. The van der Waals surface area contributed by atoms with Crippen LogP contribution in [0.1, 0.15) is 30.2 Å². The third kappa shape index (κ3) is 3.29. The van der Waals surface area contributed by atoms with Crippen molar-refractivity contribution < 1.29 is 4.79 Å². The minimum Gasteiger partial charge on any atom is -0.332 e. The molecule has 0 saturated carbocycles. The summed E-state index contributed by atoms with van der Waals surface area (Å²) < 4.78 is 3.65. The van der Waals surface area contributed by atoms with Gasteiger partial charge in [-0.3, -0.25) is 14.5 Å². The van der Waals surface area contributed by atoms with Crippen molar-refractivity contribution in [3.63, 3.8) is 0 Å². The number of fused-ring (bicyclic) bond motifs is 1. The van der Waals surface area contributed by atoms with Crippen molar-refractivity contribution in [3.8, 4) is 11.4 Å². The van der Waals surface area contributed by atoms with E-state index in [0.717, 1.165) is 22.2 Å². The molecule has 0 aliphatic heterocycles. The van der Waals surface area contributed by atoms with E-state index in [1.165, 1.54) is 0 Å². The highest BCUT2D eigenvalue weighted by atomic mass is 16.1. The van der Waals surface area contributed by atoms with Crippen LogP contribution in [-0.2, 0) is 7.05 Å². The summed E-state index contributed by atoms with van der Waals surface area (Å²) in [6.07, 6.45) is 10.2. The molecule has 0 radical (unpaired) electrons. The number of anilines is 1. The number of pyridine rings is 2. The summed E-state index contributed by atoms with van der Waals surface area (Å²) >= 11 is 0. The quantitative estimate of drug-likeness (QED) is 0.603. The molecule has 0 saturated heterocycles. The van der Waals surface area contributed by atoms with Crippen LogP contribution >= 0.6 is 0 Å². The summed E-state index contributed by atoms with van der Waals surface area (Å²) in [5.41, 5.74) is 2.22. The molecule has 0 aliphatic carbocycles. The van der Waals surface area contributed by atoms with E-state index >= 15 is 0 Å². The molecule has 1 N–H and O–H groups in total. The first-order valence-electron chi connectivity index (χ1n) is 8.59. The summed E-state index contributed by atoms with van der Waals surface area (Å²) in [7, 11) is 1.92. The molecule has 0 aliphatic rings. The minimum atomic E-state index is -0.241. The molecule has 4 aromatic heterocycles. The van der Waals surface area contributed by atoms with E-state index in [1.54, 1.807) is 42.0 Å². The molecule has 0 aromatic carbocycles. The fraction of sp³-hybridized carbons (Fsp3) is 0.211. The van der Waals surface area contributed by atoms with Gasteiger partial charge in [0.2, 0.25) is 0 Å². The van der Waals surface area contributed by atoms with Gasteiger partial charge < -0.3 is 9.88 Å². The molecule has 0 fully saturated rings. The molecule has 1 amide bonds. The lowest BCUT2D eigenvalue weighted by Gasteiger charge is -2.07. The number of hydrogen-bond donors (Lipinski definition) is 1. The number of carbonyl (C=O) groups excluding carboxylic acids is 1. The van der Waals surface area contributed by atoms with E-state index in [9.17, 15) is 4.79 Å². The first-order valence-corrected chi connectivity index (χ1v) is 8.59. The van der Waals surface area contributed by atoms with E-state index in [0.29, 0.717) is 11.4 Å². The highest BCUT2D eigenvalue weighted by molar-refractivity contribution is 6.04. The lowest BCUT2D eigenvalue weighted by Crippen LogP contribution is -2.12. The normalized spacial score (nSPS) is 11.3. The highest BCUT2D eigenvalue weighted by Crippen LogP contribution is 2.23. The molecule has 136 valence electrons. The van der Waals surface area contributed by atoms with E-state index in [-0.39, 0.29) is 11.9 Å². The van der Waals surface area contributed by atoms with Crippen LogP contribution in [0.15, 0.2) is 49.4 Å². The highest BCUT2D eigenvalue weighted by Gasteiger charge is 2.12. The summed E-state index contributed by atoms with van der Waals surface area (Å²) in [5, 5.41) is 8.85. The predicted octanol–water partition coefficient (Wildman–Crippen LogP) is 3.06. The Morgan fingerprint density at radius 1 is 1.07 bits per heavy atom. The Kier molecular flexibility index (Phi) is 4.15. The van der Waals surface area contributed by atoms with Crippen LogP contribution in [0.3, 0.4) is 0 Å². The van der Waals surface area contributed by atoms with Gasteiger partial charge in [0.1, 0.15) is 5.82 Å². The number of amides is 1. The number of carbonyl (C=O) groups is 1. The van der Waals surface area contributed by atoms with Crippen molar-refractivity contribution in [2.24, 2.45) is 7.05 Å². The average molecular weight is 361 g/mol. The van der Waals surface area contributed by atoms with Gasteiger partial charge in [-0.25, -0.2) is 9.97 Å². The van der Waals surface area contributed by atoms with Crippen LogP contribution in [-0.4, -0.2) is 35.2 Å². The van der Waals surface area contributed by atoms with Crippen LogP contribution in [0.5, 0.6) is 0 Å². The number of aromatic nitrogens is 6. The van der Waals surface area contributed by atoms with Crippen molar-refractivity contribution in [1.29, 1.82) is 0 Å². The van der Waals surface area contributed by atoms with Crippen LogP contribution in [0.2, 0.25) is 0 Å². The van der Waals surface area contributed by atoms with Crippen molar-refractivity contribution in [1.82, 2.24) is 29.3 Å². The second kappa shape index (κ2) is 6.64. The number of nitrogens with one attached hydrogen (secondary N) is 1. The summed E-state index contributed by atoms with van der Waals surface area (Å²) in [6.45, 7) is 4.01. The van der Waals surface area contributed by atoms with Crippen LogP contribution in [0.25, 0.3) is 22.2 Å². The third-order valence-corrected chi connectivity index (χ3v) is 4.32. The minimum absolute atomic E-state index is 0.197. The van der Waals surface area contributed by atoms with E-state index in [1.807, 2.05) is 37.6 Å². The Hall–Kier alpha value is -3.55. The molecule has 4 rings (SSSR count). The zero-order valence-electron chi connectivity index (χ0n) is 15.3. The Bertz CT molecular complexity index is 1130. The number of imidazole rings is 1. The lowest BCUT2D eigenvalue weighted by atomic mass is 10.1. The zero-order valence-corrected chi connectivity index (χ0v) is 15.3. The first-order chi connectivity index (χ1) is 13.0. The van der Waals surface area contributed by atoms with Gasteiger partial charge in [0, 0.05) is 37.1 Å². The molecule has 8 nitrogen and oxygen atoms in total. The van der Waals surface area contributed by atoms with E-state index in [2.05, 4.69) is 25.4 Å². The van der Waals surface area contributed by atoms with Crippen molar-refractivity contribution in [3.05, 3.63) is 55.0 Å². The standard InChI is InChI=1S/C19H19N7O/c1-12(2)26-10-15(8-23-26)19(27)24-18-5-13-4-16(17-9-20-11-25(17)3)21-6-14(13)7-22-18/h4-12H,1-3H3,(H,22,24,27). The molecular formula is C19H19N7O. The molecule has 4 heterocycles. The van der Waals surface area contributed by atoms with Crippen molar-refractivity contribution >= 4 is 22.5 Å². The molecule has 0 atom stereocenters. The SMILES string of the molecule is CC(C)n1cc(C(=O)Nc2cc3cc(-c4cncn4C)ncc3cn2)cn1. The lowest BCUT2D eigenvalue weighted by molar-refractivity contribution is 0.102.